The summed E-state index contributed by atoms with van der Waals surface area (Å²) in [5.41, 5.74) is 1.01. The molecule has 1 N–H and O–H groups in total. The summed E-state index contributed by atoms with van der Waals surface area (Å²) in [7, 11) is 0. The molecule has 0 aliphatic heterocycles. The highest BCUT2D eigenvalue weighted by atomic mass is 16.6. The Morgan fingerprint density at radius 3 is 2.00 bits per heavy atom. The largest absolute Gasteiger partial charge is 0.491 e. The lowest BCUT2D eigenvalue weighted by Crippen LogP contribution is -2.20. The minimum Gasteiger partial charge on any atom is -0.491 e. The zero-order valence-electron chi connectivity index (χ0n) is 15.5. The van der Waals surface area contributed by atoms with E-state index in [0.717, 1.165) is 37.4 Å². The summed E-state index contributed by atoms with van der Waals surface area (Å²) in [6.07, 6.45) is 0.864. The Hall–Kier alpha value is -1.58. The zero-order chi connectivity index (χ0) is 18.0. The van der Waals surface area contributed by atoms with E-state index in [1.807, 2.05) is 31.2 Å². The average Bonchev–Trinajstić information content (AvgIpc) is 2.65. The zero-order valence-corrected chi connectivity index (χ0v) is 15.5. The molecule has 1 aromatic carbocycles. The minimum atomic E-state index is 0.521. The van der Waals surface area contributed by atoms with E-state index in [9.17, 15) is 0 Å². The van der Waals surface area contributed by atoms with Crippen LogP contribution in [-0.4, -0.2) is 59.3 Å². The Kier molecular flexibility index (Phi) is 13.7. The van der Waals surface area contributed by atoms with Crippen molar-refractivity contribution in [3.8, 4) is 17.6 Å². The predicted molar refractivity (Wildman–Crippen MR) is 100 cm³/mol. The number of ether oxygens (including phenoxy) is 4. The van der Waals surface area contributed by atoms with Crippen molar-refractivity contribution in [3.63, 3.8) is 0 Å². The molecule has 25 heavy (non-hydrogen) atoms. The van der Waals surface area contributed by atoms with Crippen LogP contribution in [0.25, 0.3) is 0 Å². The van der Waals surface area contributed by atoms with E-state index >= 15 is 0 Å². The van der Waals surface area contributed by atoms with Crippen molar-refractivity contribution in [2.45, 2.75) is 20.3 Å². The monoisotopic (exact) mass is 349 g/mol. The van der Waals surface area contributed by atoms with Gasteiger partial charge >= 0.3 is 0 Å². The van der Waals surface area contributed by atoms with Gasteiger partial charge in [0.1, 0.15) is 12.4 Å². The van der Waals surface area contributed by atoms with E-state index in [4.69, 9.17) is 18.9 Å². The molecule has 0 aromatic heterocycles. The lowest BCUT2D eigenvalue weighted by atomic mass is 10.2. The van der Waals surface area contributed by atoms with Crippen LogP contribution in [0.4, 0.5) is 0 Å². The highest BCUT2D eigenvalue weighted by molar-refractivity contribution is 5.38. The molecule has 0 saturated heterocycles. The van der Waals surface area contributed by atoms with Gasteiger partial charge in [0.25, 0.3) is 0 Å². The van der Waals surface area contributed by atoms with Crippen LogP contribution in [-0.2, 0) is 14.2 Å². The smallest absolute Gasteiger partial charge is 0.119 e. The molecular formula is C20H31NO4. The molecule has 0 aliphatic rings. The molecule has 0 amide bonds. The van der Waals surface area contributed by atoms with Crippen LogP contribution in [0, 0.1) is 11.8 Å². The van der Waals surface area contributed by atoms with Crippen LogP contribution in [0.3, 0.4) is 0 Å². The SMILES string of the molecule is CCC#Cc1ccc(OCCOCCOCCOCCNCC)cc1. The topological polar surface area (TPSA) is 49.0 Å². The van der Waals surface area contributed by atoms with Crippen LogP contribution >= 0.6 is 0 Å². The highest BCUT2D eigenvalue weighted by Crippen LogP contribution is 2.11. The van der Waals surface area contributed by atoms with Gasteiger partial charge in [0.05, 0.1) is 39.6 Å². The quantitative estimate of drug-likeness (QED) is 0.413. The Morgan fingerprint density at radius 2 is 1.40 bits per heavy atom. The number of hydrogen-bond acceptors (Lipinski definition) is 5. The van der Waals surface area contributed by atoms with E-state index in [1.54, 1.807) is 0 Å². The van der Waals surface area contributed by atoms with E-state index in [2.05, 4.69) is 24.1 Å². The Morgan fingerprint density at radius 1 is 0.800 bits per heavy atom. The van der Waals surface area contributed by atoms with Crippen LogP contribution in [0.2, 0.25) is 0 Å². The molecule has 1 aromatic rings. The third-order valence-electron chi connectivity index (χ3n) is 3.18. The van der Waals surface area contributed by atoms with Gasteiger partial charge in [0.2, 0.25) is 0 Å². The Labute approximate surface area is 152 Å². The van der Waals surface area contributed by atoms with Crippen LogP contribution in [0.5, 0.6) is 5.75 Å². The average molecular weight is 349 g/mol. The molecule has 0 heterocycles. The third-order valence-corrected chi connectivity index (χ3v) is 3.18. The minimum absolute atomic E-state index is 0.521. The molecule has 5 nitrogen and oxygen atoms in total. The summed E-state index contributed by atoms with van der Waals surface area (Å²) in [6, 6.07) is 7.79. The fourth-order valence-electron chi connectivity index (χ4n) is 1.91. The van der Waals surface area contributed by atoms with Gasteiger partial charge < -0.3 is 24.3 Å². The first-order valence-electron chi connectivity index (χ1n) is 9.02. The van der Waals surface area contributed by atoms with Crippen LogP contribution < -0.4 is 10.1 Å². The van der Waals surface area contributed by atoms with E-state index in [1.165, 1.54) is 0 Å². The summed E-state index contributed by atoms with van der Waals surface area (Å²) in [5.74, 6) is 6.96. The third kappa shape index (κ3) is 12.4. The Bertz CT molecular complexity index is 479. The number of rotatable bonds is 14. The molecule has 0 aliphatic carbocycles. The molecular weight excluding hydrogens is 318 g/mol. The number of hydrogen-bond donors (Lipinski definition) is 1. The van der Waals surface area contributed by atoms with Crippen molar-refractivity contribution in [3.05, 3.63) is 29.8 Å². The molecule has 0 fully saturated rings. The van der Waals surface area contributed by atoms with Crippen molar-refractivity contribution in [2.24, 2.45) is 0 Å². The van der Waals surface area contributed by atoms with Crippen molar-refractivity contribution in [1.29, 1.82) is 0 Å². The standard InChI is InChI=1S/C20H31NO4/c1-3-5-6-19-7-9-20(10-8-19)25-18-17-24-16-15-23-14-13-22-12-11-21-4-2/h7-10,21H,3-4,11-18H2,1-2H3. The van der Waals surface area contributed by atoms with Crippen molar-refractivity contribution in [2.75, 3.05) is 59.3 Å². The highest BCUT2D eigenvalue weighted by Gasteiger charge is 1.95. The van der Waals surface area contributed by atoms with Crippen molar-refractivity contribution < 1.29 is 18.9 Å². The summed E-state index contributed by atoms with van der Waals surface area (Å²) in [5, 5.41) is 3.20. The molecule has 0 saturated carbocycles. The van der Waals surface area contributed by atoms with Crippen LogP contribution in [0.15, 0.2) is 24.3 Å². The maximum Gasteiger partial charge on any atom is 0.119 e. The maximum absolute atomic E-state index is 5.62. The maximum atomic E-state index is 5.62. The fraction of sp³-hybridized carbons (Fsp3) is 0.600. The molecule has 0 spiro atoms. The van der Waals surface area contributed by atoms with Gasteiger partial charge in [-0.25, -0.2) is 0 Å². The van der Waals surface area contributed by atoms with E-state index in [-0.39, 0.29) is 0 Å². The Balaban J connectivity index is 1.90. The first-order valence-corrected chi connectivity index (χ1v) is 9.02. The molecule has 5 heteroatoms. The molecule has 0 bridgehead atoms. The molecule has 0 radical (unpaired) electrons. The van der Waals surface area contributed by atoms with Gasteiger partial charge in [0, 0.05) is 18.5 Å². The first-order chi connectivity index (χ1) is 12.4. The predicted octanol–water partition coefficient (Wildman–Crippen LogP) is 2.49. The lowest BCUT2D eigenvalue weighted by molar-refractivity contribution is 0.00989. The number of nitrogens with one attached hydrogen (secondary N) is 1. The fourth-order valence-corrected chi connectivity index (χ4v) is 1.91. The van der Waals surface area contributed by atoms with Crippen LogP contribution in [0.1, 0.15) is 25.8 Å². The van der Waals surface area contributed by atoms with Gasteiger partial charge in [-0.05, 0) is 30.8 Å². The summed E-state index contributed by atoms with van der Waals surface area (Å²) < 4.78 is 21.9. The van der Waals surface area contributed by atoms with Gasteiger partial charge in [-0.1, -0.05) is 25.7 Å². The molecule has 0 atom stereocenters. The second-order valence-electron chi connectivity index (χ2n) is 5.22. The number of likely N-dealkylation sites (N-methyl/N-ethyl adjacent to an activating group) is 1. The number of benzene rings is 1. The second-order valence-corrected chi connectivity index (χ2v) is 5.22. The van der Waals surface area contributed by atoms with Crippen molar-refractivity contribution >= 4 is 0 Å². The summed E-state index contributed by atoms with van der Waals surface area (Å²) in [4.78, 5) is 0. The van der Waals surface area contributed by atoms with Crippen molar-refractivity contribution in [1.82, 2.24) is 5.32 Å². The lowest BCUT2D eigenvalue weighted by Gasteiger charge is -2.08. The normalized spacial score (nSPS) is 10.3. The van der Waals surface area contributed by atoms with E-state index < -0.39 is 0 Å². The van der Waals surface area contributed by atoms with Gasteiger partial charge in [-0.3, -0.25) is 0 Å². The summed E-state index contributed by atoms with van der Waals surface area (Å²) >= 11 is 0. The molecule has 1 rings (SSSR count). The first kappa shape index (κ1) is 21.5. The van der Waals surface area contributed by atoms with E-state index in [0.29, 0.717) is 39.6 Å². The second kappa shape index (κ2) is 15.9. The van der Waals surface area contributed by atoms with Gasteiger partial charge in [-0.2, -0.15) is 0 Å². The van der Waals surface area contributed by atoms with Gasteiger partial charge in [0.15, 0.2) is 0 Å². The summed E-state index contributed by atoms with van der Waals surface area (Å²) in [6.45, 7) is 10.1. The van der Waals surface area contributed by atoms with Gasteiger partial charge in [-0.15, -0.1) is 0 Å². The molecule has 0 unspecified atom stereocenters. The molecule has 140 valence electrons.